The largest absolute Gasteiger partial charge is 0.379 e. The van der Waals surface area contributed by atoms with Gasteiger partial charge in [-0.15, -0.1) is 0 Å². The van der Waals surface area contributed by atoms with Crippen molar-refractivity contribution < 1.29 is 9.53 Å². The smallest absolute Gasteiger partial charge is 0.237 e. The average molecular weight is 226 g/mol. The molecule has 1 saturated carbocycles. The van der Waals surface area contributed by atoms with Crippen LogP contribution in [0, 0.1) is 11.8 Å². The maximum atomic E-state index is 12.0. The summed E-state index contributed by atoms with van der Waals surface area (Å²) in [5, 5.41) is 1.99. The van der Waals surface area contributed by atoms with E-state index in [0.29, 0.717) is 5.92 Å². The number of morpholine rings is 1. The Kier molecular flexibility index (Phi) is 4.18. The molecule has 2 atom stereocenters. The van der Waals surface area contributed by atoms with Crippen molar-refractivity contribution >= 4 is 5.91 Å². The number of hydrogen-bond acceptors (Lipinski definition) is 3. The van der Waals surface area contributed by atoms with Crippen molar-refractivity contribution in [1.82, 2.24) is 10.4 Å². The Morgan fingerprint density at radius 3 is 2.75 bits per heavy atom. The van der Waals surface area contributed by atoms with Gasteiger partial charge >= 0.3 is 0 Å². The second-order valence-corrected chi connectivity index (χ2v) is 5.04. The predicted octanol–water partition coefficient (Wildman–Crippen LogP) is 1.18. The van der Waals surface area contributed by atoms with Gasteiger partial charge in [-0.2, -0.15) is 0 Å². The van der Waals surface area contributed by atoms with Crippen LogP contribution >= 0.6 is 0 Å². The number of rotatable bonds is 2. The van der Waals surface area contributed by atoms with Crippen molar-refractivity contribution in [3.63, 3.8) is 0 Å². The van der Waals surface area contributed by atoms with E-state index in [0.717, 1.165) is 39.1 Å². The number of carbonyl (C=O) groups is 1. The summed E-state index contributed by atoms with van der Waals surface area (Å²) in [5.74, 6) is 1.15. The van der Waals surface area contributed by atoms with Crippen molar-refractivity contribution in [3.8, 4) is 0 Å². The third-order valence-corrected chi connectivity index (χ3v) is 3.59. The van der Waals surface area contributed by atoms with Crippen molar-refractivity contribution in [2.45, 2.75) is 32.6 Å². The van der Waals surface area contributed by atoms with E-state index in [1.165, 1.54) is 12.8 Å². The molecule has 1 heterocycles. The van der Waals surface area contributed by atoms with Gasteiger partial charge < -0.3 is 4.74 Å². The lowest BCUT2D eigenvalue weighted by molar-refractivity contribution is -0.133. The van der Waals surface area contributed by atoms with E-state index in [-0.39, 0.29) is 11.8 Å². The maximum Gasteiger partial charge on any atom is 0.237 e. The van der Waals surface area contributed by atoms with Crippen LogP contribution in [-0.2, 0) is 9.53 Å². The zero-order valence-electron chi connectivity index (χ0n) is 10.1. The van der Waals surface area contributed by atoms with Crippen LogP contribution in [0.4, 0.5) is 0 Å². The van der Waals surface area contributed by atoms with E-state index in [9.17, 15) is 4.79 Å². The summed E-state index contributed by atoms with van der Waals surface area (Å²) < 4.78 is 5.25. The minimum Gasteiger partial charge on any atom is -0.379 e. The molecule has 2 fully saturated rings. The van der Waals surface area contributed by atoms with Gasteiger partial charge in [-0.1, -0.05) is 19.8 Å². The molecule has 16 heavy (non-hydrogen) atoms. The molecular formula is C12H22N2O2. The topological polar surface area (TPSA) is 41.6 Å². The summed E-state index contributed by atoms with van der Waals surface area (Å²) in [6.07, 6.45) is 4.58. The summed E-state index contributed by atoms with van der Waals surface area (Å²) in [7, 11) is 0. The lowest BCUT2D eigenvalue weighted by Crippen LogP contribution is -2.50. The van der Waals surface area contributed by atoms with Crippen LogP contribution in [0.25, 0.3) is 0 Å². The summed E-state index contributed by atoms with van der Waals surface area (Å²) >= 11 is 0. The molecule has 0 aromatic heterocycles. The monoisotopic (exact) mass is 226 g/mol. The van der Waals surface area contributed by atoms with Crippen molar-refractivity contribution in [1.29, 1.82) is 0 Å². The molecule has 0 radical (unpaired) electrons. The number of carbonyl (C=O) groups excluding carboxylic acids is 1. The highest BCUT2D eigenvalue weighted by Gasteiger charge is 2.26. The van der Waals surface area contributed by atoms with Crippen LogP contribution in [0.2, 0.25) is 0 Å². The van der Waals surface area contributed by atoms with Crippen LogP contribution in [0.3, 0.4) is 0 Å². The first kappa shape index (κ1) is 11.9. The molecule has 1 amide bonds. The predicted molar refractivity (Wildman–Crippen MR) is 61.7 cm³/mol. The Bertz CT molecular complexity index is 239. The van der Waals surface area contributed by atoms with Crippen molar-refractivity contribution in [2.24, 2.45) is 11.8 Å². The number of hydrogen-bond donors (Lipinski definition) is 1. The quantitative estimate of drug-likeness (QED) is 0.768. The van der Waals surface area contributed by atoms with Crippen LogP contribution in [0.5, 0.6) is 0 Å². The van der Waals surface area contributed by atoms with Crippen LogP contribution in [0.15, 0.2) is 0 Å². The zero-order valence-corrected chi connectivity index (χ0v) is 10.1. The molecular weight excluding hydrogens is 204 g/mol. The number of nitrogens with zero attached hydrogens (tertiary/aromatic N) is 1. The number of hydrazine groups is 1. The van der Waals surface area contributed by atoms with Gasteiger partial charge in [0, 0.05) is 19.0 Å². The van der Waals surface area contributed by atoms with E-state index in [2.05, 4.69) is 12.3 Å². The number of ether oxygens (including phenoxy) is 1. The molecule has 4 nitrogen and oxygen atoms in total. The fourth-order valence-electron chi connectivity index (χ4n) is 2.59. The molecule has 0 spiro atoms. The van der Waals surface area contributed by atoms with Crippen LogP contribution in [-0.4, -0.2) is 37.2 Å². The second kappa shape index (κ2) is 5.64. The lowest BCUT2D eigenvalue weighted by Gasteiger charge is -2.31. The van der Waals surface area contributed by atoms with E-state index in [1.807, 2.05) is 5.01 Å². The fourth-order valence-corrected chi connectivity index (χ4v) is 2.59. The van der Waals surface area contributed by atoms with E-state index < -0.39 is 0 Å². The van der Waals surface area contributed by atoms with Gasteiger partial charge in [-0.05, 0) is 18.8 Å². The van der Waals surface area contributed by atoms with Gasteiger partial charge in [-0.25, -0.2) is 5.01 Å². The van der Waals surface area contributed by atoms with Gasteiger partial charge in [0.15, 0.2) is 0 Å². The molecule has 1 aliphatic heterocycles. The molecule has 1 N–H and O–H groups in total. The maximum absolute atomic E-state index is 12.0. The standard InChI is InChI=1S/C12H22N2O2/c1-10-3-2-4-11(9-10)12(15)13-14-5-7-16-8-6-14/h10-11H,2-9H2,1H3,(H,13,15). The highest BCUT2D eigenvalue weighted by Crippen LogP contribution is 2.28. The highest BCUT2D eigenvalue weighted by atomic mass is 16.5. The molecule has 2 rings (SSSR count). The van der Waals surface area contributed by atoms with Crippen LogP contribution < -0.4 is 5.43 Å². The summed E-state index contributed by atoms with van der Waals surface area (Å²) in [6, 6.07) is 0. The SMILES string of the molecule is CC1CCCC(C(=O)NN2CCOCC2)C1. The summed E-state index contributed by atoms with van der Waals surface area (Å²) in [4.78, 5) is 12.0. The van der Waals surface area contributed by atoms with Gasteiger partial charge in [0.05, 0.1) is 13.2 Å². The van der Waals surface area contributed by atoms with Gasteiger partial charge in [0.1, 0.15) is 0 Å². The third kappa shape index (κ3) is 3.19. The molecule has 0 aromatic carbocycles. The molecule has 4 heteroatoms. The van der Waals surface area contributed by atoms with Crippen molar-refractivity contribution in [2.75, 3.05) is 26.3 Å². The molecule has 2 aliphatic rings. The highest BCUT2D eigenvalue weighted by molar-refractivity contribution is 5.78. The Hall–Kier alpha value is -0.610. The first-order chi connectivity index (χ1) is 7.75. The van der Waals surface area contributed by atoms with E-state index in [4.69, 9.17) is 4.74 Å². The summed E-state index contributed by atoms with van der Waals surface area (Å²) in [5.41, 5.74) is 3.02. The lowest BCUT2D eigenvalue weighted by atomic mass is 9.82. The Morgan fingerprint density at radius 2 is 2.06 bits per heavy atom. The third-order valence-electron chi connectivity index (χ3n) is 3.59. The average Bonchev–Trinajstić information content (AvgIpc) is 2.30. The molecule has 1 saturated heterocycles. The first-order valence-corrected chi connectivity index (χ1v) is 6.39. The molecule has 0 aromatic rings. The molecule has 2 unspecified atom stereocenters. The van der Waals surface area contributed by atoms with Crippen LogP contribution in [0.1, 0.15) is 32.6 Å². The van der Waals surface area contributed by atoms with Gasteiger partial charge in [0.2, 0.25) is 5.91 Å². The summed E-state index contributed by atoms with van der Waals surface area (Å²) in [6.45, 7) is 5.32. The minimum atomic E-state index is 0.216. The number of amides is 1. The van der Waals surface area contributed by atoms with Gasteiger partial charge in [-0.3, -0.25) is 10.2 Å². The molecule has 92 valence electrons. The Labute approximate surface area is 97.3 Å². The van der Waals surface area contributed by atoms with E-state index >= 15 is 0 Å². The van der Waals surface area contributed by atoms with E-state index in [1.54, 1.807) is 0 Å². The normalized spacial score (nSPS) is 32.3. The second-order valence-electron chi connectivity index (χ2n) is 5.04. The fraction of sp³-hybridized carbons (Fsp3) is 0.917. The number of nitrogens with one attached hydrogen (secondary N) is 1. The molecule has 1 aliphatic carbocycles. The van der Waals surface area contributed by atoms with Crippen molar-refractivity contribution in [3.05, 3.63) is 0 Å². The Morgan fingerprint density at radius 1 is 1.31 bits per heavy atom. The van der Waals surface area contributed by atoms with Gasteiger partial charge in [0.25, 0.3) is 0 Å². The Balaban J connectivity index is 1.77. The zero-order chi connectivity index (χ0) is 11.4. The minimum absolute atomic E-state index is 0.216. The first-order valence-electron chi connectivity index (χ1n) is 6.39. The molecule has 0 bridgehead atoms.